The highest BCUT2D eigenvalue weighted by Crippen LogP contribution is 2.37. The van der Waals surface area contributed by atoms with Crippen molar-refractivity contribution in [2.24, 2.45) is 7.05 Å². The van der Waals surface area contributed by atoms with Gasteiger partial charge in [-0.1, -0.05) is 0 Å². The molecule has 13 heteroatoms. The summed E-state index contributed by atoms with van der Waals surface area (Å²) in [5.41, 5.74) is 1.11. The van der Waals surface area contributed by atoms with Crippen LogP contribution >= 0.6 is 0 Å². The van der Waals surface area contributed by atoms with E-state index >= 15 is 0 Å². The highest BCUT2D eigenvalue weighted by molar-refractivity contribution is 5.92. The van der Waals surface area contributed by atoms with Crippen LogP contribution in [0.3, 0.4) is 0 Å². The first kappa shape index (κ1) is 21.1. The molecule has 5 aromatic heterocycles. The molecule has 35 heavy (non-hydrogen) atoms. The summed E-state index contributed by atoms with van der Waals surface area (Å²) >= 11 is 0. The average molecular weight is 482 g/mol. The Morgan fingerprint density at radius 3 is 2.83 bits per heavy atom. The van der Waals surface area contributed by atoms with Crippen LogP contribution in [0.1, 0.15) is 39.2 Å². The Labute approximate surface area is 195 Å². The lowest BCUT2D eigenvalue weighted by Crippen LogP contribution is -2.40. The largest absolute Gasteiger partial charge is 0.429 e. The second kappa shape index (κ2) is 7.55. The molecule has 0 radical (unpaired) electrons. The van der Waals surface area contributed by atoms with E-state index in [1.54, 1.807) is 24.0 Å². The first-order valence-electron chi connectivity index (χ1n) is 10.6. The van der Waals surface area contributed by atoms with Crippen molar-refractivity contribution < 1.29 is 22.4 Å². The molecule has 10 nitrogen and oxygen atoms in total. The lowest BCUT2D eigenvalue weighted by atomic mass is 9.99. The molecule has 0 fully saturated rings. The SMILES string of the molecule is Cn1ccc(-c2ncc(C(=O)N3CCc4[nH]cnc4C3c3cc4c(C(F)(F)F)cccn4n3)o2)n1. The number of H-pyrrole nitrogens is 1. The van der Waals surface area contributed by atoms with Crippen molar-refractivity contribution in [2.45, 2.75) is 18.6 Å². The molecule has 0 aromatic carbocycles. The minimum atomic E-state index is -4.55. The summed E-state index contributed by atoms with van der Waals surface area (Å²) in [4.78, 5) is 26.6. The number of carbonyl (C=O) groups excluding carboxylic acids is 1. The monoisotopic (exact) mass is 482 g/mol. The molecule has 178 valence electrons. The number of amides is 1. The molecular formula is C22H17F3N8O2. The van der Waals surface area contributed by atoms with Gasteiger partial charge in [-0.05, 0) is 24.3 Å². The van der Waals surface area contributed by atoms with Crippen LogP contribution in [0.25, 0.3) is 17.1 Å². The van der Waals surface area contributed by atoms with E-state index in [-0.39, 0.29) is 29.4 Å². The van der Waals surface area contributed by atoms with Gasteiger partial charge in [-0.25, -0.2) is 14.5 Å². The number of aromatic nitrogens is 7. The van der Waals surface area contributed by atoms with Crippen molar-refractivity contribution in [3.8, 4) is 11.6 Å². The second-order valence-electron chi connectivity index (χ2n) is 8.14. The number of hydrogen-bond acceptors (Lipinski definition) is 6. The van der Waals surface area contributed by atoms with Gasteiger partial charge in [0, 0.05) is 38.1 Å². The van der Waals surface area contributed by atoms with Gasteiger partial charge in [0.1, 0.15) is 11.7 Å². The summed E-state index contributed by atoms with van der Waals surface area (Å²) in [6, 6.07) is 4.51. The Hall–Kier alpha value is -4.42. The van der Waals surface area contributed by atoms with Crippen molar-refractivity contribution in [2.75, 3.05) is 6.54 Å². The fourth-order valence-corrected chi connectivity index (χ4v) is 4.36. The number of hydrogen-bond donors (Lipinski definition) is 1. The maximum absolute atomic E-state index is 13.6. The Bertz CT molecular complexity index is 1560. The predicted octanol–water partition coefficient (Wildman–Crippen LogP) is 3.25. The van der Waals surface area contributed by atoms with Crippen LogP contribution < -0.4 is 0 Å². The molecular weight excluding hydrogens is 465 g/mol. The first-order chi connectivity index (χ1) is 16.8. The van der Waals surface area contributed by atoms with E-state index in [2.05, 4.69) is 25.1 Å². The van der Waals surface area contributed by atoms with Crippen LogP contribution in [-0.4, -0.2) is 51.7 Å². The Balaban J connectivity index is 1.42. The molecule has 6 rings (SSSR count). The van der Waals surface area contributed by atoms with Gasteiger partial charge in [0.15, 0.2) is 0 Å². The first-order valence-corrected chi connectivity index (χ1v) is 10.6. The van der Waals surface area contributed by atoms with Crippen LogP contribution in [0.2, 0.25) is 0 Å². The molecule has 0 saturated heterocycles. The minimum absolute atomic E-state index is 0.0191. The van der Waals surface area contributed by atoms with E-state index in [0.717, 1.165) is 16.3 Å². The Morgan fingerprint density at radius 1 is 1.20 bits per heavy atom. The van der Waals surface area contributed by atoms with E-state index in [1.165, 1.54) is 35.8 Å². The number of nitrogens with zero attached hydrogens (tertiary/aromatic N) is 7. The third-order valence-corrected chi connectivity index (χ3v) is 5.94. The van der Waals surface area contributed by atoms with E-state index < -0.39 is 23.7 Å². The molecule has 0 bridgehead atoms. The van der Waals surface area contributed by atoms with Gasteiger partial charge in [-0.3, -0.25) is 9.48 Å². The lowest BCUT2D eigenvalue weighted by Gasteiger charge is -2.33. The van der Waals surface area contributed by atoms with Crippen LogP contribution in [0.4, 0.5) is 13.2 Å². The molecule has 0 spiro atoms. The number of halogens is 3. The van der Waals surface area contributed by atoms with Gasteiger partial charge in [-0.2, -0.15) is 23.4 Å². The summed E-state index contributed by atoms with van der Waals surface area (Å²) < 4.78 is 49.2. The van der Waals surface area contributed by atoms with E-state index in [4.69, 9.17) is 4.42 Å². The van der Waals surface area contributed by atoms with Gasteiger partial charge < -0.3 is 14.3 Å². The normalized spacial score (nSPS) is 16.1. The number of aromatic amines is 1. The fourth-order valence-electron chi connectivity index (χ4n) is 4.36. The van der Waals surface area contributed by atoms with Crippen LogP contribution in [0.15, 0.2) is 53.6 Å². The smallest absolute Gasteiger partial charge is 0.418 e. The molecule has 1 amide bonds. The fraction of sp³-hybridized carbons (Fsp3) is 0.227. The minimum Gasteiger partial charge on any atom is -0.429 e. The van der Waals surface area contributed by atoms with Crippen molar-refractivity contribution in [1.29, 1.82) is 0 Å². The highest BCUT2D eigenvalue weighted by Gasteiger charge is 2.39. The summed E-state index contributed by atoms with van der Waals surface area (Å²) in [5, 5.41) is 8.60. The predicted molar refractivity (Wildman–Crippen MR) is 114 cm³/mol. The lowest BCUT2D eigenvalue weighted by molar-refractivity contribution is -0.136. The molecule has 6 heterocycles. The molecule has 1 N–H and O–H groups in total. The molecule has 0 saturated carbocycles. The number of nitrogens with one attached hydrogen (secondary N) is 1. The van der Waals surface area contributed by atoms with Gasteiger partial charge in [0.25, 0.3) is 5.91 Å². The Morgan fingerprint density at radius 2 is 2.06 bits per heavy atom. The van der Waals surface area contributed by atoms with Crippen LogP contribution in [0.5, 0.6) is 0 Å². The van der Waals surface area contributed by atoms with Crippen molar-refractivity contribution in [3.63, 3.8) is 0 Å². The number of carbonyl (C=O) groups is 1. The Kier molecular flexibility index (Phi) is 4.56. The number of fused-ring (bicyclic) bond motifs is 2. The molecule has 1 unspecified atom stereocenters. The third-order valence-electron chi connectivity index (χ3n) is 5.94. The van der Waals surface area contributed by atoms with E-state index in [9.17, 15) is 18.0 Å². The molecule has 1 atom stereocenters. The average Bonchev–Trinajstić information content (AvgIpc) is 3.62. The summed E-state index contributed by atoms with van der Waals surface area (Å²) in [7, 11) is 1.75. The number of pyridine rings is 1. The standard InChI is InChI=1S/C22H17F3N8O2/c1-31-7-4-14(29-31)20-26-10-17(35-20)21(34)32-8-5-13-18(28-11-27-13)19(32)15-9-16-12(22(23,24)25)3-2-6-33(16)30-15/h2-4,6-7,9-11,19H,5,8H2,1H3,(H,27,28). The molecule has 1 aliphatic heterocycles. The second-order valence-corrected chi connectivity index (χ2v) is 8.14. The summed E-state index contributed by atoms with van der Waals surface area (Å²) in [6.07, 6.45) is 1.90. The molecule has 1 aliphatic rings. The number of aryl methyl sites for hydroxylation is 1. The van der Waals surface area contributed by atoms with Crippen molar-refractivity contribution >= 4 is 11.4 Å². The molecule has 5 aromatic rings. The maximum Gasteiger partial charge on any atom is 0.418 e. The number of rotatable bonds is 3. The zero-order valence-electron chi connectivity index (χ0n) is 18.2. The third kappa shape index (κ3) is 3.47. The highest BCUT2D eigenvalue weighted by atomic mass is 19.4. The molecule has 0 aliphatic carbocycles. The summed E-state index contributed by atoms with van der Waals surface area (Å²) in [6.45, 7) is 0.276. The van der Waals surface area contributed by atoms with Crippen LogP contribution in [0, 0.1) is 0 Å². The maximum atomic E-state index is 13.6. The van der Waals surface area contributed by atoms with Crippen molar-refractivity contribution in [1.82, 2.24) is 39.2 Å². The number of oxazole rings is 1. The quantitative estimate of drug-likeness (QED) is 0.423. The van der Waals surface area contributed by atoms with Gasteiger partial charge in [-0.15, -0.1) is 0 Å². The van der Waals surface area contributed by atoms with Crippen LogP contribution in [-0.2, 0) is 19.6 Å². The number of imidazole rings is 1. The zero-order chi connectivity index (χ0) is 24.3. The van der Waals surface area contributed by atoms with Gasteiger partial charge in [0.2, 0.25) is 11.7 Å². The van der Waals surface area contributed by atoms with E-state index in [1.807, 2.05) is 0 Å². The summed E-state index contributed by atoms with van der Waals surface area (Å²) in [5.74, 6) is -0.314. The zero-order valence-corrected chi connectivity index (χ0v) is 18.2. The van der Waals surface area contributed by atoms with E-state index in [0.29, 0.717) is 17.8 Å². The van der Waals surface area contributed by atoms with Gasteiger partial charge >= 0.3 is 6.18 Å². The van der Waals surface area contributed by atoms with Gasteiger partial charge in [0.05, 0.1) is 35.0 Å². The van der Waals surface area contributed by atoms with Crippen molar-refractivity contribution in [3.05, 3.63) is 77.6 Å². The topological polar surface area (TPSA) is 110 Å². The number of alkyl halides is 3.